The summed E-state index contributed by atoms with van der Waals surface area (Å²) >= 11 is 1.26. The van der Waals surface area contributed by atoms with Crippen molar-refractivity contribution in [2.45, 2.75) is 6.54 Å². The fraction of sp³-hybridized carbons (Fsp3) is 0.273. The Morgan fingerprint density at radius 3 is 2.91 bits per heavy atom. The Hall–Kier alpha value is -3.50. The fourth-order valence-electron chi connectivity index (χ4n) is 3.99. The largest absolute Gasteiger partial charge is 0.496 e. The normalized spacial score (nSPS) is 15.6. The molecular formula is C22H22N6O3S. The summed E-state index contributed by atoms with van der Waals surface area (Å²) in [6.45, 7) is 3.86. The van der Waals surface area contributed by atoms with E-state index in [1.807, 2.05) is 12.1 Å². The molecule has 0 aliphatic carbocycles. The van der Waals surface area contributed by atoms with Crippen LogP contribution in [0.1, 0.15) is 26.4 Å². The predicted molar refractivity (Wildman–Crippen MR) is 123 cm³/mol. The first-order chi connectivity index (χ1) is 15.7. The second-order valence-electron chi connectivity index (χ2n) is 7.48. The van der Waals surface area contributed by atoms with E-state index in [0.717, 1.165) is 37.4 Å². The summed E-state index contributed by atoms with van der Waals surface area (Å²) in [6, 6.07) is 7.31. The van der Waals surface area contributed by atoms with E-state index >= 15 is 0 Å². The van der Waals surface area contributed by atoms with Crippen LogP contribution in [0.5, 0.6) is 5.75 Å². The number of ether oxygens (including phenoxy) is 1. The number of carbonyl (C=O) groups excluding carboxylic acids is 2. The lowest BCUT2D eigenvalue weighted by molar-refractivity contribution is 0.0991. The number of nitrogens with zero attached hydrogens (tertiary/aromatic N) is 4. The molecule has 1 aromatic carbocycles. The van der Waals surface area contributed by atoms with Crippen LogP contribution in [0.15, 0.2) is 42.0 Å². The van der Waals surface area contributed by atoms with Crippen LogP contribution in [-0.2, 0) is 6.54 Å². The number of piperazine rings is 1. The van der Waals surface area contributed by atoms with Crippen LogP contribution >= 0.6 is 11.3 Å². The lowest BCUT2D eigenvalue weighted by atomic mass is 10.1. The van der Waals surface area contributed by atoms with Crippen LogP contribution in [-0.4, -0.2) is 55.1 Å². The number of aromatic nitrogens is 2. The van der Waals surface area contributed by atoms with Gasteiger partial charge in [0.05, 0.1) is 31.2 Å². The first-order valence-corrected chi connectivity index (χ1v) is 11.2. The number of hydrogen-bond acceptors (Lipinski definition) is 8. The van der Waals surface area contributed by atoms with E-state index in [2.05, 4.69) is 25.5 Å². The number of nitrogens with one attached hydrogen (secondary N) is 2. The number of carbonyl (C=O) groups is 2. The van der Waals surface area contributed by atoms with Crippen molar-refractivity contribution in [3.05, 3.63) is 58.9 Å². The zero-order chi connectivity index (χ0) is 22.1. The maximum atomic E-state index is 12.9. The van der Waals surface area contributed by atoms with Gasteiger partial charge < -0.3 is 20.3 Å². The number of methoxy groups -OCH3 is 1. The molecule has 0 unspecified atom stereocenters. The second-order valence-corrected chi connectivity index (χ2v) is 8.31. The van der Waals surface area contributed by atoms with Gasteiger partial charge in [-0.1, -0.05) is 6.07 Å². The van der Waals surface area contributed by atoms with E-state index in [1.165, 1.54) is 11.3 Å². The third kappa shape index (κ3) is 3.67. The molecule has 3 aromatic rings. The standard InChI is InChI=1S/C22H22N6O3S/c1-31-19-4-2-3-14-15(19)12-28(21(14)30)22-26-17(13-32-22)20(29)25-16-11-24-6-5-18(16)27-9-7-23-8-10-27/h2-6,11,13,23H,7-10,12H2,1H3,(H,25,29). The smallest absolute Gasteiger partial charge is 0.275 e. The van der Waals surface area contributed by atoms with Gasteiger partial charge in [0, 0.05) is 48.9 Å². The molecule has 0 atom stereocenters. The molecule has 2 amide bonds. The predicted octanol–water partition coefficient (Wildman–Crippen LogP) is 2.37. The van der Waals surface area contributed by atoms with Gasteiger partial charge in [-0.15, -0.1) is 11.3 Å². The lowest BCUT2D eigenvalue weighted by Crippen LogP contribution is -2.43. The second kappa shape index (κ2) is 8.56. The van der Waals surface area contributed by atoms with Gasteiger partial charge >= 0.3 is 0 Å². The third-order valence-electron chi connectivity index (χ3n) is 5.60. The quantitative estimate of drug-likeness (QED) is 0.616. The number of fused-ring (bicyclic) bond motifs is 1. The Kier molecular flexibility index (Phi) is 5.46. The number of pyridine rings is 1. The van der Waals surface area contributed by atoms with Gasteiger partial charge in [0.15, 0.2) is 5.13 Å². The number of hydrogen-bond donors (Lipinski definition) is 2. The zero-order valence-electron chi connectivity index (χ0n) is 17.5. The summed E-state index contributed by atoms with van der Waals surface area (Å²) in [6.07, 6.45) is 3.37. The van der Waals surface area contributed by atoms with E-state index < -0.39 is 0 Å². The summed E-state index contributed by atoms with van der Waals surface area (Å²) in [5, 5.41) is 8.40. The van der Waals surface area contributed by atoms with Crippen molar-refractivity contribution in [3.63, 3.8) is 0 Å². The number of amides is 2. The fourth-order valence-corrected chi connectivity index (χ4v) is 4.80. The van der Waals surface area contributed by atoms with Crippen molar-refractivity contribution in [2.24, 2.45) is 0 Å². The van der Waals surface area contributed by atoms with Crippen LogP contribution in [0.25, 0.3) is 0 Å². The minimum absolute atomic E-state index is 0.145. The number of anilines is 3. The monoisotopic (exact) mass is 450 g/mol. The molecule has 0 radical (unpaired) electrons. The summed E-state index contributed by atoms with van der Waals surface area (Å²) in [4.78, 5) is 38.2. The third-order valence-corrected chi connectivity index (χ3v) is 6.47. The van der Waals surface area contributed by atoms with Gasteiger partial charge in [-0.05, 0) is 18.2 Å². The Labute approximate surface area is 189 Å². The molecule has 0 spiro atoms. The molecule has 9 nitrogen and oxygen atoms in total. The van der Waals surface area contributed by atoms with Crippen LogP contribution in [0.3, 0.4) is 0 Å². The molecule has 164 valence electrons. The number of thiazole rings is 1. The van der Waals surface area contributed by atoms with E-state index in [1.54, 1.807) is 41.9 Å². The highest BCUT2D eigenvalue weighted by Gasteiger charge is 2.33. The molecule has 2 aliphatic rings. The van der Waals surface area contributed by atoms with Gasteiger partial charge in [0.1, 0.15) is 11.4 Å². The summed E-state index contributed by atoms with van der Waals surface area (Å²) in [5.41, 5.74) is 3.26. The molecule has 1 saturated heterocycles. The Morgan fingerprint density at radius 2 is 2.09 bits per heavy atom. The van der Waals surface area contributed by atoms with E-state index in [9.17, 15) is 9.59 Å². The van der Waals surface area contributed by atoms with Crippen LogP contribution in [0.4, 0.5) is 16.5 Å². The van der Waals surface area contributed by atoms with Gasteiger partial charge in [-0.3, -0.25) is 19.5 Å². The first-order valence-electron chi connectivity index (χ1n) is 10.3. The highest BCUT2D eigenvalue weighted by molar-refractivity contribution is 7.14. The highest BCUT2D eigenvalue weighted by Crippen LogP contribution is 2.35. The Balaban J connectivity index is 1.34. The number of benzene rings is 1. The SMILES string of the molecule is COc1cccc2c1CN(c1nc(C(=O)Nc3cnccc3N3CCNCC3)cs1)C2=O. The maximum Gasteiger partial charge on any atom is 0.275 e. The first kappa shape index (κ1) is 20.4. The minimum atomic E-state index is -0.335. The Morgan fingerprint density at radius 1 is 1.25 bits per heavy atom. The van der Waals surface area contributed by atoms with E-state index in [0.29, 0.717) is 28.7 Å². The van der Waals surface area contributed by atoms with Crippen molar-refractivity contribution < 1.29 is 14.3 Å². The van der Waals surface area contributed by atoms with Crippen LogP contribution < -0.4 is 25.2 Å². The molecule has 5 rings (SSSR count). The van der Waals surface area contributed by atoms with Gasteiger partial charge in [-0.2, -0.15) is 0 Å². The van der Waals surface area contributed by atoms with Crippen LogP contribution in [0.2, 0.25) is 0 Å². The molecule has 0 bridgehead atoms. The maximum absolute atomic E-state index is 12.9. The van der Waals surface area contributed by atoms with Crippen molar-refractivity contribution in [1.29, 1.82) is 0 Å². The molecule has 2 aromatic heterocycles. The lowest BCUT2D eigenvalue weighted by Gasteiger charge is -2.30. The topological polar surface area (TPSA) is 99.7 Å². The van der Waals surface area contributed by atoms with E-state index in [-0.39, 0.29) is 17.5 Å². The number of rotatable bonds is 5. The average molecular weight is 451 g/mol. The van der Waals surface area contributed by atoms with Crippen molar-refractivity contribution in [2.75, 3.05) is 48.4 Å². The summed E-state index contributed by atoms with van der Waals surface area (Å²) in [7, 11) is 1.59. The van der Waals surface area contributed by atoms with Gasteiger partial charge in [0.25, 0.3) is 11.8 Å². The van der Waals surface area contributed by atoms with Crippen LogP contribution in [0, 0.1) is 0 Å². The van der Waals surface area contributed by atoms with Gasteiger partial charge in [-0.25, -0.2) is 4.98 Å². The summed E-state index contributed by atoms with van der Waals surface area (Å²) in [5.74, 6) is 0.192. The molecule has 1 fully saturated rings. The highest BCUT2D eigenvalue weighted by atomic mass is 32.1. The van der Waals surface area contributed by atoms with Crippen molar-refractivity contribution >= 4 is 39.7 Å². The minimum Gasteiger partial charge on any atom is -0.496 e. The average Bonchev–Trinajstić information content (AvgIpc) is 3.45. The zero-order valence-corrected chi connectivity index (χ0v) is 18.3. The van der Waals surface area contributed by atoms with Gasteiger partial charge in [0.2, 0.25) is 0 Å². The Bertz CT molecular complexity index is 1170. The molecule has 2 aliphatic heterocycles. The molecule has 32 heavy (non-hydrogen) atoms. The molecule has 4 heterocycles. The van der Waals surface area contributed by atoms with Crippen molar-refractivity contribution in [1.82, 2.24) is 15.3 Å². The molecule has 0 saturated carbocycles. The molecule has 10 heteroatoms. The van der Waals surface area contributed by atoms with E-state index in [4.69, 9.17) is 4.74 Å². The van der Waals surface area contributed by atoms with Crippen molar-refractivity contribution in [3.8, 4) is 5.75 Å². The molecular weight excluding hydrogens is 428 g/mol. The molecule has 2 N–H and O–H groups in total. The summed E-state index contributed by atoms with van der Waals surface area (Å²) < 4.78 is 5.39.